The van der Waals surface area contributed by atoms with Gasteiger partial charge in [-0.3, -0.25) is 14.7 Å². The molecule has 5 rings (SSSR count). The van der Waals surface area contributed by atoms with Crippen molar-refractivity contribution in [3.8, 4) is 11.8 Å². The van der Waals surface area contributed by atoms with Crippen LogP contribution < -0.4 is 5.32 Å². The largest absolute Gasteiger partial charge is 0.416 e. The first-order valence-corrected chi connectivity index (χ1v) is 10.9. The molecule has 1 aromatic carbocycles. The lowest BCUT2D eigenvalue weighted by Crippen LogP contribution is -2.36. The maximum absolute atomic E-state index is 13.6. The minimum atomic E-state index is -4.52. The molecule has 0 radical (unpaired) electrons. The molecule has 3 aromatic heterocycles. The number of likely N-dealkylation sites (tertiary alicyclic amines) is 1. The number of rotatable bonds is 4. The maximum Gasteiger partial charge on any atom is 0.416 e. The Bertz CT molecular complexity index is 1460. The van der Waals surface area contributed by atoms with E-state index >= 15 is 0 Å². The highest BCUT2D eigenvalue weighted by molar-refractivity contribution is 6.04. The van der Waals surface area contributed by atoms with Crippen molar-refractivity contribution in [1.82, 2.24) is 24.5 Å². The molecule has 35 heavy (non-hydrogen) atoms. The number of carbonyl (C=O) groups excluding carboxylic acids is 1. The average Bonchev–Trinajstić information content (AvgIpc) is 3.23. The van der Waals surface area contributed by atoms with Crippen LogP contribution in [0.4, 0.5) is 18.9 Å². The molecule has 0 spiro atoms. The number of alkyl halides is 3. The van der Waals surface area contributed by atoms with Crippen molar-refractivity contribution in [2.24, 2.45) is 0 Å². The summed E-state index contributed by atoms with van der Waals surface area (Å²) in [5, 5.41) is 6.72. The molecule has 7 nitrogen and oxygen atoms in total. The van der Waals surface area contributed by atoms with E-state index in [4.69, 9.17) is 0 Å². The zero-order chi connectivity index (χ0) is 24.4. The molecule has 1 amide bonds. The number of nitrogens with zero attached hydrogens (tertiary/aromatic N) is 5. The molecule has 0 saturated carbocycles. The van der Waals surface area contributed by atoms with Crippen molar-refractivity contribution in [2.75, 3.05) is 18.4 Å². The van der Waals surface area contributed by atoms with Gasteiger partial charge in [-0.2, -0.15) is 18.3 Å². The van der Waals surface area contributed by atoms with Crippen molar-refractivity contribution in [3.05, 3.63) is 89.1 Å². The van der Waals surface area contributed by atoms with E-state index in [1.807, 2.05) is 4.90 Å². The van der Waals surface area contributed by atoms with Gasteiger partial charge in [-0.1, -0.05) is 12.0 Å². The van der Waals surface area contributed by atoms with Crippen LogP contribution in [0.15, 0.2) is 61.2 Å². The summed E-state index contributed by atoms with van der Waals surface area (Å²) in [6.07, 6.45) is 2.50. The van der Waals surface area contributed by atoms with Crippen LogP contribution in [0.2, 0.25) is 0 Å². The quantitative estimate of drug-likeness (QED) is 0.451. The highest BCUT2D eigenvalue weighted by Gasteiger charge is 2.34. The second-order valence-electron chi connectivity index (χ2n) is 8.10. The lowest BCUT2D eigenvalue weighted by molar-refractivity contribution is -0.138. The lowest BCUT2D eigenvalue weighted by atomic mass is 10.0. The highest BCUT2D eigenvalue weighted by atomic mass is 19.4. The molecular formula is C25H19F3N6O. The van der Waals surface area contributed by atoms with Gasteiger partial charge >= 0.3 is 6.18 Å². The molecule has 4 aromatic rings. The fourth-order valence-corrected chi connectivity index (χ4v) is 3.72. The van der Waals surface area contributed by atoms with Crippen LogP contribution in [0.25, 0.3) is 5.65 Å². The van der Waals surface area contributed by atoms with Crippen LogP contribution in [-0.2, 0) is 12.7 Å². The number of amides is 1. The summed E-state index contributed by atoms with van der Waals surface area (Å²) in [5.74, 6) is 5.28. The average molecular weight is 476 g/mol. The Morgan fingerprint density at radius 3 is 2.71 bits per heavy atom. The van der Waals surface area contributed by atoms with E-state index in [-0.39, 0.29) is 23.4 Å². The van der Waals surface area contributed by atoms with Gasteiger partial charge < -0.3 is 5.32 Å². The Morgan fingerprint density at radius 2 is 1.94 bits per heavy atom. The molecule has 10 heteroatoms. The Hall–Kier alpha value is -4.23. The first kappa shape index (κ1) is 22.6. The van der Waals surface area contributed by atoms with E-state index in [0.29, 0.717) is 16.9 Å². The van der Waals surface area contributed by atoms with Crippen LogP contribution in [-0.4, -0.2) is 43.5 Å². The van der Waals surface area contributed by atoms with Crippen LogP contribution in [0, 0.1) is 11.8 Å². The zero-order valence-corrected chi connectivity index (χ0v) is 18.4. The maximum atomic E-state index is 13.6. The smallest absolute Gasteiger partial charge is 0.322 e. The third-order valence-electron chi connectivity index (χ3n) is 5.63. The summed E-state index contributed by atoms with van der Waals surface area (Å²) >= 11 is 0. The van der Waals surface area contributed by atoms with Gasteiger partial charge in [0, 0.05) is 36.4 Å². The summed E-state index contributed by atoms with van der Waals surface area (Å²) < 4.78 is 42.5. The summed E-state index contributed by atoms with van der Waals surface area (Å²) in [6, 6.07) is 8.96. The molecule has 1 N–H and O–H groups in total. The van der Waals surface area contributed by atoms with E-state index in [1.54, 1.807) is 29.0 Å². The van der Waals surface area contributed by atoms with Crippen molar-refractivity contribution >= 4 is 17.2 Å². The minimum Gasteiger partial charge on any atom is -0.322 e. The van der Waals surface area contributed by atoms with E-state index in [1.165, 1.54) is 30.6 Å². The molecule has 0 unspecified atom stereocenters. The molecule has 4 heterocycles. The predicted molar refractivity (Wildman–Crippen MR) is 122 cm³/mol. The van der Waals surface area contributed by atoms with Crippen molar-refractivity contribution in [2.45, 2.75) is 19.1 Å². The number of carbonyl (C=O) groups is 1. The van der Waals surface area contributed by atoms with Gasteiger partial charge in [0.25, 0.3) is 5.91 Å². The second kappa shape index (κ2) is 9.19. The number of aromatic nitrogens is 4. The molecule has 0 bridgehead atoms. The van der Waals surface area contributed by atoms with E-state index in [0.717, 1.165) is 25.6 Å². The van der Waals surface area contributed by atoms with Crippen LogP contribution >= 0.6 is 0 Å². The Kier molecular flexibility index (Phi) is 5.93. The SMILES string of the molecule is O=C(Nc1ccc(CN2CCC2)c(C(F)(F)F)c1)c1cncc(C#Cc2cnc3cccnn23)c1. The van der Waals surface area contributed by atoms with Crippen LogP contribution in [0.3, 0.4) is 0 Å². The number of hydrogen-bond acceptors (Lipinski definition) is 5. The van der Waals surface area contributed by atoms with Gasteiger partial charge in [-0.25, -0.2) is 9.50 Å². The minimum absolute atomic E-state index is 0.0583. The fourth-order valence-electron chi connectivity index (χ4n) is 3.72. The number of nitrogens with one attached hydrogen (secondary N) is 1. The molecule has 176 valence electrons. The van der Waals surface area contributed by atoms with Gasteiger partial charge in [0.2, 0.25) is 0 Å². The number of anilines is 1. The lowest BCUT2D eigenvalue weighted by Gasteiger charge is -2.31. The second-order valence-corrected chi connectivity index (χ2v) is 8.10. The summed E-state index contributed by atoms with van der Waals surface area (Å²) in [7, 11) is 0. The van der Waals surface area contributed by atoms with Gasteiger partial charge in [0.05, 0.1) is 17.3 Å². The van der Waals surface area contributed by atoms with E-state index < -0.39 is 17.6 Å². The molecule has 1 fully saturated rings. The zero-order valence-electron chi connectivity index (χ0n) is 18.4. The number of halogens is 3. The molecule has 1 aliphatic rings. The van der Waals surface area contributed by atoms with Gasteiger partial charge in [0.15, 0.2) is 5.65 Å². The van der Waals surface area contributed by atoms with Crippen molar-refractivity contribution in [3.63, 3.8) is 0 Å². The van der Waals surface area contributed by atoms with E-state index in [2.05, 4.69) is 32.2 Å². The number of benzene rings is 1. The topological polar surface area (TPSA) is 75.4 Å². The predicted octanol–water partition coefficient (Wildman–Crippen LogP) is 4.00. The summed E-state index contributed by atoms with van der Waals surface area (Å²) in [4.78, 5) is 22.9. The number of pyridine rings is 1. The number of imidazole rings is 1. The van der Waals surface area contributed by atoms with Gasteiger partial charge in [-0.05, 0) is 61.3 Å². The first-order chi connectivity index (χ1) is 16.9. The Labute approximate surface area is 198 Å². The number of fused-ring (bicyclic) bond motifs is 1. The first-order valence-electron chi connectivity index (χ1n) is 10.9. The summed E-state index contributed by atoms with van der Waals surface area (Å²) in [5.41, 5.74) is 1.35. The summed E-state index contributed by atoms with van der Waals surface area (Å²) in [6.45, 7) is 1.81. The monoisotopic (exact) mass is 476 g/mol. The molecule has 1 saturated heterocycles. The highest BCUT2D eigenvalue weighted by Crippen LogP contribution is 2.35. The normalized spacial score (nSPS) is 13.7. The third kappa shape index (κ3) is 5.00. The van der Waals surface area contributed by atoms with Gasteiger partial charge in [-0.15, -0.1) is 0 Å². The van der Waals surface area contributed by atoms with Crippen LogP contribution in [0.5, 0.6) is 0 Å². The van der Waals surface area contributed by atoms with E-state index in [9.17, 15) is 18.0 Å². The Balaban J connectivity index is 1.35. The third-order valence-corrected chi connectivity index (χ3v) is 5.63. The van der Waals surface area contributed by atoms with Crippen molar-refractivity contribution in [1.29, 1.82) is 0 Å². The standard InChI is InChI=1S/C25H19F3N6O/c26-25(27,28)22-12-20(6-5-18(22)16-33-9-2-10-33)32-24(35)19-11-17(13-29-14-19)4-7-21-15-30-23-3-1-8-31-34(21)23/h1,3,5-6,8,11-15H,2,9-10,16H2,(H,32,35). The number of hydrogen-bond donors (Lipinski definition) is 1. The molecule has 0 atom stereocenters. The van der Waals surface area contributed by atoms with Crippen LogP contribution in [0.1, 0.15) is 39.2 Å². The molecular weight excluding hydrogens is 457 g/mol. The van der Waals surface area contributed by atoms with Gasteiger partial charge in [0.1, 0.15) is 5.69 Å². The fraction of sp³-hybridized carbons (Fsp3) is 0.200. The van der Waals surface area contributed by atoms with Crippen molar-refractivity contribution < 1.29 is 18.0 Å². The molecule has 1 aliphatic heterocycles. The molecule has 0 aliphatic carbocycles. The Morgan fingerprint density at radius 1 is 1.09 bits per heavy atom.